The molecule has 132 valence electrons. The van der Waals surface area contributed by atoms with E-state index in [0.717, 1.165) is 18.4 Å². The van der Waals surface area contributed by atoms with Gasteiger partial charge in [-0.25, -0.2) is 0 Å². The maximum Gasteiger partial charge on any atom is 0.306 e. The normalized spacial score (nSPS) is 14.2. The van der Waals surface area contributed by atoms with Crippen molar-refractivity contribution in [3.8, 4) is 11.5 Å². The van der Waals surface area contributed by atoms with Crippen molar-refractivity contribution < 1.29 is 23.8 Å². The third-order valence-corrected chi connectivity index (χ3v) is 4.23. The van der Waals surface area contributed by atoms with E-state index in [0.29, 0.717) is 30.4 Å². The molecule has 0 aliphatic heterocycles. The molecule has 0 spiro atoms. The summed E-state index contributed by atoms with van der Waals surface area (Å²) in [6.45, 7) is 0.0954. The van der Waals surface area contributed by atoms with Crippen molar-refractivity contribution in [1.82, 2.24) is 5.32 Å². The average Bonchev–Trinajstić information content (AvgIpc) is 3.10. The number of hydrogen-bond acceptors (Lipinski definition) is 5. The van der Waals surface area contributed by atoms with Crippen LogP contribution in [0.2, 0.25) is 0 Å². The van der Waals surface area contributed by atoms with Gasteiger partial charge in [-0.3, -0.25) is 9.59 Å². The first-order valence-electron chi connectivity index (χ1n) is 8.25. The van der Waals surface area contributed by atoms with Crippen LogP contribution in [-0.4, -0.2) is 32.7 Å². The quantitative estimate of drug-likeness (QED) is 0.739. The molecule has 1 amide bonds. The van der Waals surface area contributed by atoms with Gasteiger partial charge in [0.05, 0.1) is 14.2 Å². The van der Waals surface area contributed by atoms with Gasteiger partial charge >= 0.3 is 5.97 Å². The second-order valence-electron chi connectivity index (χ2n) is 5.98. The first-order chi connectivity index (χ1) is 11.6. The Balaban J connectivity index is 1.71. The van der Waals surface area contributed by atoms with Gasteiger partial charge in [0.15, 0.2) is 18.1 Å². The predicted molar refractivity (Wildman–Crippen MR) is 88.9 cm³/mol. The SMILES string of the molecule is COc1ccc(CNC(=O)COC(=O)CC2CCCC2)cc1OC. The van der Waals surface area contributed by atoms with Crippen molar-refractivity contribution in [1.29, 1.82) is 0 Å². The van der Waals surface area contributed by atoms with Gasteiger partial charge in [0, 0.05) is 13.0 Å². The van der Waals surface area contributed by atoms with Gasteiger partial charge < -0.3 is 19.5 Å². The van der Waals surface area contributed by atoms with Crippen LogP contribution in [0.4, 0.5) is 0 Å². The summed E-state index contributed by atoms with van der Waals surface area (Å²) in [6, 6.07) is 5.42. The number of esters is 1. The highest BCUT2D eigenvalue weighted by atomic mass is 16.5. The standard InChI is InChI=1S/C18H25NO5/c1-22-15-8-7-14(9-16(15)23-2)11-19-17(20)12-24-18(21)10-13-5-3-4-6-13/h7-9,13H,3-6,10-12H2,1-2H3,(H,19,20). The van der Waals surface area contributed by atoms with E-state index in [2.05, 4.69) is 5.32 Å². The number of ether oxygens (including phenoxy) is 3. The number of methoxy groups -OCH3 is 2. The van der Waals surface area contributed by atoms with E-state index in [4.69, 9.17) is 14.2 Å². The maximum absolute atomic E-state index is 11.8. The van der Waals surface area contributed by atoms with Crippen LogP contribution in [0.3, 0.4) is 0 Å². The number of amides is 1. The molecule has 1 fully saturated rings. The van der Waals surface area contributed by atoms with Gasteiger partial charge in [0.1, 0.15) is 0 Å². The number of benzene rings is 1. The Morgan fingerprint density at radius 1 is 1.12 bits per heavy atom. The van der Waals surface area contributed by atoms with E-state index in [9.17, 15) is 9.59 Å². The molecule has 1 aromatic carbocycles. The van der Waals surface area contributed by atoms with Gasteiger partial charge in [-0.2, -0.15) is 0 Å². The molecule has 0 heterocycles. The largest absolute Gasteiger partial charge is 0.493 e. The minimum Gasteiger partial charge on any atom is -0.493 e. The third kappa shape index (κ3) is 5.44. The molecule has 6 nitrogen and oxygen atoms in total. The Kier molecular flexibility index (Phi) is 6.90. The first kappa shape index (κ1) is 18.1. The van der Waals surface area contributed by atoms with Crippen LogP contribution in [0, 0.1) is 5.92 Å². The lowest BCUT2D eigenvalue weighted by atomic mass is 10.1. The summed E-state index contributed by atoms with van der Waals surface area (Å²) in [7, 11) is 3.13. The van der Waals surface area contributed by atoms with E-state index in [1.165, 1.54) is 12.8 Å². The molecule has 0 atom stereocenters. The van der Waals surface area contributed by atoms with Crippen molar-refractivity contribution in [2.45, 2.75) is 38.6 Å². The van der Waals surface area contributed by atoms with Crippen LogP contribution in [0.25, 0.3) is 0 Å². The second-order valence-corrected chi connectivity index (χ2v) is 5.98. The van der Waals surface area contributed by atoms with Crippen molar-refractivity contribution in [3.63, 3.8) is 0 Å². The van der Waals surface area contributed by atoms with Gasteiger partial charge in [0.25, 0.3) is 5.91 Å². The predicted octanol–water partition coefficient (Wildman–Crippen LogP) is 2.44. The Bertz CT molecular complexity index is 567. The molecule has 0 aromatic heterocycles. The molecule has 2 rings (SSSR count). The lowest BCUT2D eigenvalue weighted by molar-refractivity contribution is -0.149. The van der Waals surface area contributed by atoms with Gasteiger partial charge in [-0.1, -0.05) is 18.9 Å². The molecule has 1 aliphatic carbocycles. The van der Waals surface area contributed by atoms with Crippen molar-refractivity contribution in [2.24, 2.45) is 5.92 Å². The topological polar surface area (TPSA) is 73.9 Å². The third-order valence-electron chi connectivity index (χ3n) is 4.23. The van der Waals surface area contributed by atoms with Crippen LogP contribution >= 0.6 is 0 Å². The highest BCUT2D eigenvalue weighted by Crippen LogP contribution is 2.28. The molecule has 6 heteroatoms. The molecule has 1 aromatic rings. The molecule has 0 unspecified atom stereocenters. The van der Waals surface area contributed by atoms with E-state index in [-0.39, 0.29) is 18.5 Å². The number of carbonyl (C=O) groups is 2. The van der Waals surface area contributed by atoms with Crippen LogP contribution in [0.5, 0.6) is 11.5 Å². The molecule has 1 N–H and O–H groups in total. The summed E-state index contributed by atoms with van der Waals surface area (Å²) in [4.78, 5) is 23.5. The van der Waals surface area contributed by atoms with E-state index in [1.807, 2.05) is 6.07 Å². The fraction of sp³-hybridized carbons (Fsp3) is 0.556. The summed E-state index contributed by atoms with van der Waals surface area (Å²) in [6.07, 6.45) is 4.96. The van der Waals surface area contributed by atoms with Crippen LogP contribution in [-0.2, 0) is 20.9 Å². The average molecular weight is 335 g/mol. The lowest BCUT2D eigenvalue weighted by Gasteiger charge is -2.11. The molecule has 1 saturated carbocycles. The molecule has 0 radical (unpaired) electrons. The summed E-state index contributed by atoms with van der Waals surface area (Å²) in [5.41, 5.74) is 0.873. The Hall–Kier alpha value is -2.24. The Morgan fingerprint density at radius 2 is 1.83 bits per heavy atom. The van der Waals surface area contributed by atoms with Gasteiger partial charge in [-0.05, 0) is 36.5 Å². The summed E-state index contributed by atoms with van der Waals surface area (Å²) in [5, 5.41) is 2.72. The second kappa shape index (κ2) is 9.15. The summed E-state index contributed by atoms with van der Waals surface area (Å²) in [5.74, 6) is 1.06. The minimum atomic E-state index is -0.315. The van der Waals surface area contributed by atoms with E-state index in [1.54, 1.807) is 26.4 Å². The minimum absolute atomic E-state index is 0.237. The molecule has 1 aliphatic rings. The fourth-order valence-electron chi connectivity index (χ4n) is 2.90. The van der Waals surface area contributed by atoms with Gasteiger partial charge in [-0.15, -0.1) is 0 Å². The Labute approximate surface area is 142 Å². The zero-order valence-electron chi connectivity index (χ0n) is 14.3. The molecule has 0 saturated heterocycles. The van der Waals surface area contributed by atoms with E-state index < -0.39 is 0 Å². The van der Waals surface area contributed by atoms with Crippen LogP contribution in [0.1, 0.15) is 37.7 Å². The number of carbonyl (C=O) groups excluding carboxylic acids is 2. The van der Waals surface area contributed by atoms with Crippen molar-refractivity contribution in [2.75, 3.05) is 20.8 Å². The summed E-state index contributed by atoms with van der Waals surface area (Å²) >= 11 is 0. The highest BCUT2D eigenvalue weighted by molar-refractivity contribution is 5.80. The first-order valence-corrected chi connectivity index (χ1v) is 8.25. The molecular weight excluding hydrogens is 310 g/mol. The number of rotatable bonds is 8. The van der Waals surface area contributed by atoms with Gasteiger partial charge in [0.2, 0.25) is 0 Å². The highest BCUT2D eigenvalue weighted by Gasteiger charge is 2.19. The molecule has 24 heavy (non-hydrogen) atoms. The number of nitrogens with one attached hydrogen (secondary N) is 1. The molecular formula is C18H25NO5. The fourth-order valence-corrected chi connectivity index (χ4v) is 2.90. The van der Waals surface area contributed by atoms with Crippen molar-refractivity contribution in [3.05, 3.63) is 23.8 Å². The zero-order valence-corrected chi connectivity index (χ0v) is 14.3. The Morgan fingerprint density at radius 3 is 2.50 bits per heavy atom. The smallest absolute Gasteiger partial charge is 0.306 e. The monoisotopic (exact) mass is 335 g/mol. The van der Waals surface area contributed by atoms with Crippen LogP contribution < -0.4 is 14.8 Å². The number of hydrogen-bond donors (Lipinski definition) is 1. The van der Waals surface area contributed by atoms with Crippen molar-refractivity contribution >= 4 is 11.9 Å². The summed E-state index contributed by atoms with van der Waals surface area (Å²) < 4.78 is 15.4. The molecule has 0 bridgehead atoms. The lowest BCUT2D eigenvalue weighted by Crippen LogP contribution is -2.28. The van der Waals surface area contributed by atoms with E-state index >= 15 is 0 Å². The van der Waals surface area contributed by atoms with Crippen LogP contribution in [0.15, 0.2) is 18.2 Å². The zero-order chi connectivity index (χ0) is 17.4. The maximum atomic E-state index is 11.8.